The summed E-state index contributed by atoms with van der Waals surface area (Å²) in [6.07, 6.45) is 2.59. The third kappa shape index (κ3) is 3.37. The molecule has 0 saturated heterocycles. The molecule has 20 heavy (non-hydrogen) atoms. The highest BCUT2D eigenvalue weighted by Crippen LogP contribution is 2.22. The summed E-state index contributed by atoms with van der Waals surface area (Å²) in [6, 6.07) is 1.85. The molecule has 1 aromatic heterocycles. The molecule has 4 heteroatoms. The SMILES string of the molecule is CCCc1nc2c(cc1C(=O)O)CN(CC(C)C)CC2. The molecule has 2 rings (SSSR count). The molecule has 0 aliphatic carbocycles. The Labute approximate surface area is 120 Å². The van der Waals surface area contributed by atoms with Gasteiger partial charge < -0.3 is 5.11 Å². The van der Waals surface area contributed by atoms with Gasteiger partial charge in [-0.3, -0.25) is 9.88 Å². The molecule has 1 aliphatic rings. The summed E-state index contributed by atoms with van der Waals surface area (Å²) < 4.78 is 0. The van der Waals surface area contributed by atoms with Gasteiger partial charge in [-0.25, -0.2) is 4.79 Å². The van der Waals surface area contributed by atoms with E-state index >= 15 is 0 Å². The number of carboxylic acid groups (broad SMARTS) is 1. The van der Waals surface area contributed by atoms with Gasteiger partial charge in [-0.05, 0) is 24.0 Å². The van der Waals surface area contributed by atoms with Crippen LogP contribution in [0.1, 0.15) is 54.5 Å². The first kappa shape index (κ1) is 15.0. The number of rotatable bonds is 5. The van der Waals surface area contributed by atoms with Gasteiger partial charge in [0, 0.05) is 31.7 Å². The molecule has 0 radical (unpaired) electrons. The average Bonchev–Trinajstić information content (AvgIpc) is 2.37. The van der Waals surface area contributed by atoms with Crippen LogP contribution in [0.4, 0.5) is 0 Å². The van der Waals surface area contributed by atoms with Crippen LogP contribution in [0.3, 0.4) is 0 Å². The first-order valence-electron chi connectivity index (χ1n) is 7.48. The van der Waals surface area contributed by atoms with Crippen LogP contribution in [0.25, 0.3) is 0 Å². The summed E-state index contributed by atoms with van der Waals surface area (Å²) in [4.78, 5) is 18.4. The molecule has 0 atom stereocenters. The van der Waals surface area contributed by atoms with E-state index in [1.807, 2.05) is 6.07 Å². The molecule has 1 aliphatic heterocycles. The summed E-state index contributed by atoms with van der Waals surface area (Å²) in [6.45, 7) is 9.38. The number of fused-ring (bicyclic) bond motifs is 1. The molecule has 0 saturated carbocycles. The predicted octanol–water partition coefficient (Wildman–Crippen LogP) is 2.75. The Balaban J connectivity index is 2.28. The van der Waals surface area contributed by atoms with E-state index in [0.29, 0.717) is 11.5 Å². The quantitative estimate of drug-likeness (QED) is 0.898. The predicted molar refractivity (Wildman–Crippen MR) is 79.0 cm³/mol. The first-order chi connectivity index (χ1) is 9.51. The van der Waals surface area contributed by atoms with Gasteiger partial charge in [-0.1, -0.05) is 27.2 Å². The first-order valence-corrected chi connectivity index (χ1v) is 7.48. The highest BCUT2D eigenvalue weighted by Gasteiger charge is 2.22. The lowest BCUT2D eigenvalue weighted by atomic mass is 9.99. The van der Waals surface area contributed by atoms with Crippen molar-refractivity contribution in [1.29, 1.82) is 0 Å². The molecule has 1 aromatic rings. The van der Waals surface area contributed by atoms with Crippen molar-refractivity contribution in [2.45, 2.75) is 46.6 Å². The van der Waals surface area contributed by atoms with Gasteiger partial charge in [0.25, 0.3) is 0 Å². The molecule has 0 amide bonds. The Morgan fingerprint density at radius 1 is 1.50 bits per heavy atom. The van der Waals surface area contributed by atoms with E-state index in [2.05, 4.69) is 30.7 Å². The fraction of sp³-hybridized carbons (Fsp3) is 0.625. The van der Waals surface area contributed by atoms with Crippen molar-refractivity contribution in [2.75, 3.05) is 13.1 Å². The van der Waals surface area contributed by atoms with E-state index in [9.17, 15) is 9.90 Å². The van der Waals surface area contributed by atoms with E-state index < -0.39 is 5.97 Å². The summed E-state index contributed by atoms with van der Waals surface area (Å²) in [5, 5.41) is 9.35. The van der Waals surface area contributed by atoms with E-state index in [-0.39, 0.29) is 0 Å². The number of hydrogen-bond donors (Lipinski definition) is 1. The van der Waals surface area contributed by atoms with Gasteiger partial charge in [-0.15, -0.1) is 0 Å². The molecule has 110 valence electrons. The van der Waals surface area contributed by atoms with Gasteiger partial charge in [0.1, 0.15) is 0 Å². The van der Waals surface area contributed by atoms with Gasteiger partial charge in [0.2, 0.25) is 0 Å². The third-order valence-electron chi connectivity index (χ3n) is 3.67. The summed E-state index contributed by atoms with van der Waals surface area (Å²) >= 11 is 0. The van der Waals surface area contributed by atoms with Crippen LogP contribution in [0, 0.1) is 5.92 Å². The molecule has 4 nitrogen and oxygen atoms in total. The van der Waals surface area contributed by atoms with Crippen molar-refractivity contribution in [1.82, 2.24) is 9.88 Å². The lowest BCUT2D eigenvalue weighted by Crippen LogP contribution is -2.34. The van der Waals surface area contributed by atoms with Gasteiger partial charge in [0.05, 0.1) is 11.3 Å². The maximum Gasteiger partial charge on any atom is 0.337 e. The van der Waals surface area contributed by atoms with Crippen LogP contribution in [0.5, 0.6) is 0 Å². The summed E-state index contributed by atoms with van der Waals surface area (Å²) in [5.74, 6) is -0.229. The highest BCUT2D eigenvalue weighted by molar-refractivity contribution is 5.89. The smallest absolute Gasteiger partial charge is 0.337 e. The second kappa shape index (κ2) is 6.35. The molecule has 0 aromatic carbocycles. The van der Waals surface area contributed by atoms with Crippen LogP contribution in [-0.2, 0) is 19.4 Å². The van der Waals surface area contributed by atoms with Crippen molar-refractivity contribution in [3.63, 3.8) is 0 Å². The molecular weight excluding hydrogens is 252 g/mol. The largest absolute Gasteiger partial charge is 0.478 e. The van der Waals surface area contributed by atoms with Crippen LogP contribution >= 0.6 is 0 Å². The molecule has 0 unspecified atom stereocenters. The summed E-state index contributed by atoms with van der Waals surface area (Å²) in [5.41, 5.74) is 3.32. The van der Waals surface area contributed by atoms with Gasteiger partial charge >= 0.3 is 5.97 Å². The molecular formula is C16H24N2O2. The Bertz CT molecular complexity index is 497. The third-order valence-corrected chi connectivity index (χ3v) is 3.67. The number of nitrogens with zero attached hydrogens (tertiary/aromatic N) is 2. The number of hydrogen-bond acceptors (Lipinski definition) is 3. The Morgan fingerprint density at radius 3 is 2.85 bits per heavy atom. The number of aromatic carboxylic acids is 1. The number of carboxylic acids is 1. The zero-order valence-corrected chi connectivity index (χ0v) is 12.6. The maximum absolute atomic E-state index is 11.4. The zero-order valence-electron chi connectivity index (χ0n) is 12.6. The standard InChI is InChI=1S/C16H24N2O2/c1-4-5-15-13(16(19)20)8-12-10-18(9-11(2)3)7-6-14(12)17-15/h8,11H,4-7,9-10H2,1-3H3,(H,19,20). The second-order valence-electron chi connectivity index (χ2n) is 6.02. The van der Waals surface area contributed by atoms with Crippen LogP contribution < -0.4 is 0 Å². The highest BCUT2D eigenvalue weighted by atomic mass is 16.4. The number of aromatic nitrogens is 1. The second-order valence-corrected chi connectivity index (χ2v) is 6.02. The molecule has 1 N–H and O–H groups in total. The summed E-state index contributed by atoms with van der Waals surface area (Å²) in [7, 11) is 0. The minimum Gasteiger partial charge on any atom is -0.478 e. The van der Waals surface area contributed by atoms with Crippen molar-refractivity contribution < 1.29 is 9.90 Å². The lowest BCUT2D eigenvalue weighted by Gasteiger charge is -2.30. The van der Waals surface area contributed by atoms with E-state index in [4.69, 9.17) is 0 Å². The Morgan fingerprint density at radius 2 is 2.25 bits per heavy atom. The zero-order chi connectivity index (χ0) is 14.7. The van der Waals surface area contributed by atoms with Crippen molar-refractivity contribution in [3.05, 3.63) is 28.6 Å². The number of carbonyl (C=O) groups is 1. The Hall–Kier alpha value is -1.42. The number of aryl methyl sites for hydroxylation is 1. The Kier molecular flexibility index (Phi) is 4.76. The average molecular weight is 276 g/mol. The fourth-order valence-corrected chi connectivity index (χ4v) is 2.86. The van der Waals surface area contributed by atoms with Crippen LogP contribution in [0.2, 0.25) is 0 Å². The van der Waals surface area contributed by atoms with Crippen molar-refractivity contribution >= 4 is 5.97 Å². The van der Waals surface area contributed by atoms with Gasteiger partial charge in [0.15, 0.2) is 0 Å². The topological polar surface area (TPSA) is 53.4 Å². The van der Waals surface area contributed by atoms with E-state index in [0.717, 1.165) is 55.8 Å². The van der Waals surface area contributed by atoms with Crippen molar-refractivity contribution in [3.8, 4) is 0 Å². The molecule has 0 fully saturated rings. The van der Waals surface area contributed by atoms with Crippen molar-refractivity contribution in [2.24, 2.45) is 5.92 Å². The lowest BCUT2D eigenvalue weighted by molar-refractivity contribution is 0.0694. The minimum atomic E-state index is -0.857. The minimum absolute atomic E-state index is 0.386. The van der Waals surface area contributed by atoms with Crippen LogP contribution in [-0.4, -0.2) is 34.0 Å². The van der Waals surface area contributed by atoms with Crippen LogP contribution in [0.15, 0.2) is 6.07 Å². The fourth-order valence-electron chi connectivity index (χ4n) is 2.86. The molecule has 0 spiro atoms. The monoisotopic (exact) mass is 276 g/mol. The number of pyridine rings is 1. The van der Waals surface area contributed by atoms with E-state index in [1.165, 1.54) is 0 Å². The van der Waals surface area contributed by atoms with E-state index in [1.54, 1.807) is 0 Å². The molecule has 0 bridgehead atoms. The normalized spacial score (nSPS) is 15.4. The molecule has 2 heterocycles. The maximum atomic E-state index is 11.4. The van der Waals surface area contributed by atoms with Gasteiger partial charge in [-0.2, -0.15) is 0 Å².